The predicted molar refractivity (Wildman–Crippen MR) is 104 cm³/mol. The van der Waals surface area contributed by atoms with Gasteiger partial charge in [0.15, 0.2) is 6.10 Å². The molecule has 1 saturated heterocycles. The second-order valence-electron chi connectivity index (χ2n) is 7.57. The maximum atomic E-state index is 13.1. The van der Waals surface area contributed by atoms with E-state index in [1.54, 1.807) is 6.92 Å². The molecule has 5 heteroatoms. The summed E-state index contributed by atoms with van der Waals surface area (Å²) in [6, 6.07) is 7.68. The molecule has 1 atom stereocenters. The fourth-order valence-electron chi connectivity index (χ4n) is 4.26. The molecular weight excluding hydrogens is 340 g/mol. The number of nitrogens with zero attached hydrogens (tertiary/aromatic N) is 2. The number of rotatable bonds is 3. The molecule has 142 valence electrons. The van der Waals surface area contributed by atoms with Crippen molar-refractivity contribution in [2.24, 2.45) is 0 Å². The van der Waals surface area contributed by atoms with Crippen molar-refractivity contribution in [3.8, 4) is 0 Å². The summed E-state index contributed by atoms with van der Waals surface area (Å²) in [6.07, 6.45) is 6.33. The normalized spacial score (nSPS) is 18.0. The van der Waals surface area contributed by atoms with Crippen LogP contribution < -0.4 is 0 Å². The molecule has 5 nitrogen and oxygen atoms in total. The topological polar surface area (TPSA) is 59.5 Å². The van der Waals surface area contributed by atoms with Gasteiger partial charge in [-0.2, -0.15) is 0 Å². The highest BCUT2D eigenvalue weighted by atomic mass is 16.5. The van der Waals surface area contributed by atoms with Gasteiger partial charge in [0, 0.05) is 24.2 Å². The lowest BCUT2D eigenvalue weighted by atomic mass is 10.0. The van der Waals surface area contributed by atoms with E-state index in [4.69, 9.17) is 9.72 Å². The number of fused-ring (bicyclic) bond motifs is 2. The van der Waals surface area contributed by atoms with Crippen molar-refractivity contribution in [2.75, 3.05) is 13.1 Å². The first-order valence-electron chi connectivity index (χ1n) is 10.1. The van der Waals surface area contributed by atoms with Gasteiger partial charge in [0.05, 0.1) is 11.1 Å². The smallest absolute Gasteiger partial charge is 0.339 e. The van der Waals surface area contributed by atoms with Gasteiger partial charge in [-0.15, -0.1) is 0 Å². The van der Waals surface area contributed by atoms with E-state index in [2.05, 4.69) is 0 Å². The fraction of sp³-hybridized carbons (Fsp3) is 0.500. The Bertz CT molecular complexity index is 869. The lowest BCUT2D eigenvalue weighted by Crippen LogP contribution is -2.40. The molecule has 1 fully saturated rings. The second-order valence-corrected chi connectivity index (χ2v) is 7.57. The van der Waals surface area contributed by atoms with Gasteiger partial charge in [-0.3, -0.25) is 9.78 Å². The zero-order chi connectivity index (χ0) is 18.8. The van der Waals surface area contributed by atoms with E-state index in [1.165, 1.54) is 0 Å². The Morgan fingerprint density at radius 2 is 1.78 bits per heavy atom. The Hall–Kier alpha value is -2.43. The Morgan fingerprint density at radius 1 is 1.04 bits per heavy atom. The molecule has 2 aliphatic rings. The maximum absolute atomic E-state index is 13.1. The lowest BCUT2D eigenvalue weighted by Gasteiger charge is -2.24. The van der Waals surface area contributed by atoms with Gasteiger partial charge in [-0.05, 0) is 50.7 Å². The third-order valence-electron chi connectivity index (χ3n) is 5.67. The van der Waals surface area contributed by atoms with Gasteiger partial charge in [-0.25, -0.2) is 4.79 Å². The number of benzene rings is 1. The van der Waals surface area contributed by atoms with E-state index in [9.17, 15) is 9.59 Å². The van der Waals surface area contributed by atoms with Crippen LogP contribution in [0, 0.1) is 0 Å². The van der Waals surface area contributed by atoms with Gasteiger partial charge in [0.25, 0.3) is 5.91 Å². The van der Waals surface area contributed by atoms with Gasteiger partial charge < -0.3 is 9.64 Å². The number of para-hydroxylation sites is 1. The van der Waals surface area contributed by atoms with E-state index in [0.29, 0.717) is 5.56 Å². The SMILES string of the molecule is C[C@@H](OC(=O)c1c2c(nc3ccccc13)CCC2)C(=O)N1CCCCCC1. The van der Waals surface area contributed by atoms with E-state index in [0.717, 1.165) is 80.2 Å². The van der Waals surface area contributed by atoms with Crippen LogP contribution in [-0.4, -0.2) is 41.0 Å². The van der Waals surface area contributed by atoms with Crippen LogP contribution in [0.25, 0.3) is 10.9 Å². The zero-order valence-electron chi connectivity index (χ0n) is 15.9. The molecule has 0 radical (unpaired) electrons. The van der Waals surface area contributed by atoms with Gasteiger partial charge in [0.2, 0.25) is 0 Å². The standard InChI is InChI=1S/C22H26N2O3/c1-15(21(25)24-13-6-2-3-7-14-24)27-22(26)20-16-9-4-5-11-18(16)23-19-12-8-10-17(19)20/h4-5,9,11,15H,2-3,6-8,10,12-14H2,1H3/t15-/m1/s1. The highest BCUT2D eigenvalue weighted by Crippen LogP contribution is 2.30. The molecule has 1 aromatic heterocycles. The molecular formula is C22H26N2O3. The van der Waals surface area contributed by atoms with Crippen LogP contribution in [0.4, 0.5) is 0 Å². The molecule has 1 aliphatic carbocycles. The van der Waals surface area contributed by atoms with Crippen LogP contribution in [0.1, 0.15) is 60.6 Å². The lowest BCUT2D eigenvalue weighted by molar-refractivity contribution is -0.139. The number of esters is 1. The summed E-state index contributed by atoms with van der Waals surface area (Å²) in [5.41, 5.74) is 3.40. The van der Waals surface area contributed by atoms with E-state index in [-0.39, 0.29) is 5.91 Å². The minimum atomic E-state index is -0.764. The quantitative estimate of drug-likeness (QED) is 0.778. The first-order valence-corrected chi connectivity index (χ1v) is 10.1. The molecule has 1 amide bonds. The Balaban J connectivity index is 1.59. The van der Waals surface area contributed by atoms with E-state index < -0.39 is 12.1 Å². The van der Waals surface area contributed by atoms with Gasteiger partial charge >= 0.3 is 5.97 Å². The summed E-state index contributed by atoms with van der Waals surface area (Å²) >= 11 is 0. The number of aryl methyl sites for hydroxylation is 1. The van der Waals surface area contributed by atoms with E-state index >= 15 is 0 Å². The van der Waals surface area contributed by atoms with Crippen LogP contribution >= 0.6 is 0 Å². The number of ether oxygens (including phenoxy) is 1. The summed E-state index contributed by atoms with van der Waals surface area (Å²) < 4.78 is 5.67. The Labute approximate surface area is 159 Å². The van der Waals surface area contributed by atoms with Crippen molar-refractivity contribution in [1.29, 1.82) is 0 Å². The molecule has 0 bridgehead atoms. The Morgan fingerprint density at radius 3 is 2.56 bits per heavy atom. The van der Waals surface area contributed by atoms with Crippen LogP contribution in [-0.2, 0) is 22.4 Å². The van der Waals surface area contributed by atoms with Crippen LogP contribution in [0.15, 0.2) is 24.3 Å². The number of hydrogen-bond acceptors (Lipinski definition) is 4. The monoisotopic (exact) mass is 366 g/mol. The molecule has 1 aliphatic heterocycles. The summed E-state index contributed by atoms with van der Waals surface area (Å²) in [5.74, 6) is -0.484. The first-order chi connectivity index (χ1) is 13.1. The third-order valence-corrected chi connectivity index (χ3v) is 5.67. The van der Waals surface area contributed by atoms with Crippen LogP contribution in [0.3, 0.4) is 0 Å². The van der Waals surface area contributed by atoms with Crippen LogP contribution in [0.5, 0.6) is 0 Å². The van der Waals surface area contributed by atoms with Gasteiger partial charge in [-0.1, -0.05) is 31.0 Å². The highest BCUT2D eigenvalue weighted by molar-refractivity contribution is 6.06. The average molecular weight is 366 g/mol. The van der Waals surface area contributed by atoms with Gasteiger partial charge in [0.1, 0.15) is 0 Å². The number of aromatic nitrogens is 1. The van der Waals surface area contributed by atoms with Crippen molar-refractivity contribution >= 4 is 22.8 Å². The average Bonchev–Trinajstić information content (AvgIpc) is 2.97. The minimum absolute atomic E-state index is 0.0831. The number of hydrogen-bond donors (Lipinski definition) is 0. The number of pyridine rings is 1. The molecule has 27 heavy (non-hydrogen) atoms. The molecule has 2 heterocycles. The van der Waals surface area contributed by atoms with Crippen LogP contribution in [0.2, 0.25) is 0 Å². The molecule has 4 rings (SSSR count). The molecule has 1 aromatic carbocycles. The molecule has 0 spiro atoms. The molecule has 0 saturated carbocycles. The molecule has 0 unspecified atom stereocenters. The summed E-state index contributed by atoms with van der Waals surface area (Å²) in [7, 11) is 0. The number of carbonyl (C=O) groups excluding carboxylic acids is 2. The predicted octanol–water partition coefficient (Wildman–Crippen LogP) is 3.67. The zero-order valence-corrected chi connectivity index (χ0v) is 15.9. The highest BCUT2D eigenvalue weighted by Gasteiger charge is 2.29. The number of carbonyl (C=O) groups is 2. The third kappa shape index (κ3) is 3.55. The maximum Gasteiger partial charge on any atom is 0.339 e. The molecule has 0 N–H and O–H groups in total. The summed E-state index contributed by atoms with van der Waals surface area (Å²) in [6.45, 7) is 3.21. The van der Waals surface area contributed by atoms with E-state index in [1.807, 2.05) is 29.2 Å². The van der Waals surface area contributed by atoms with Crippen molar-refractivity contribution in [2.45, 2.75) is 58.0 Å². The van der Waals surface area contributed by atoms with Crippen molar-refractivity contribution in [3.63, 3.8) is 0 Å². The number of likely N-dealkylation sites (tertiary alicyclic amines) is 1. The summed E-state index contributed by atoms with van der Waals surface area (Å²) in [5, 5.41) is 0.817. The first kappa shape index (κ1) is 18.0. The fourth-order valence-corrected chi connectivity index (χ4v) is 4.26. The summed E-state index contributed by atoms with van der Waals surface area (Å²) in [4.78, 5) is 32.4. The van der Waals surface area contributed by atoms with Crippen molar-refractivity contribution in [1.82, 2.24) is 9.88 Å². The Kier molecular flexibility index (Phi) is 5.10. The molecule has 2 aromatic rings. The second kappa shape index (κ2) is 7.67. The largest absolute Gasteiger partial charge is 0.449 e. The van der Waals surface area contributed by atoms with Crippen molar-refractivity contribution < 1.29 is 14.3 Å². The minimum Gasteiger partial charge on any atom is -0.449 e. The number of amides is 1. The van der Waals surface area contributed by atoms with Crippen molar-refractivity contribution in [3.05, 3.63) is 41.1 Å².